The molecule has 0 atom stereocenters. The topological polar surface area (TPSA) is 48.1 Å². The highest BCUT2D eigenvalue weighted by Crippen LogP contribution is 2.37. The van der Waals surface area contributed by atoms with Gasteiger partial charge in [-0.15, -0.1) is 0 Å². The maximum absolute atomic E-state index is 12.8. The van der Waals surface area contributed by atoms with E-state index in [1.54, 1.807) is 24.3 Å². The Kier molecular flexibility index (Phi) is 3.33. The second-order valence-corrected chi connectivity index (χ2v) is 3.85. The standard InChI is InChI=1S/C13H11F3N2O/c1-19-11-5-3-2-4-9(11)8-6-10(13(14,15)16)12(17)18-7-8/h2-7H,1H3,(H2,17,18). The third kappa shape index (κ3) is 2.62. The van der Waals surface area contributed by atoms with Crippen LogP contribution in [0.1, 0.15) is 5.56 Å². The second-order valence-electron chi connectivity index (χ2n) is 3.85. The third-order valence-electron chi connectivity index (χ3n) is 2.64. The molecule has 3 nitrogen and oxygen atoms in total. The van der Waals surface area contributed by atoms with Crippen LogP contribution in [0.3, 0.4) is 0 Å². The van der Waals surface area contributed by atoms with Gasteiger partial charge in [-0.2, -0.15) is 13.2 Å². The van der Waals surface area contributed by atoms with E-state index in [0.717, 1.165) is 6.07 Å². The van der Waals surface area contributed by atoms with Gasteiger partial charge in [-0.1, -0.05) is 18.2 Å². The molecule has 2 rings (SSSR count). The molecule has 0 aliphatic heterocycles. The lowest BCUT2D eigenvalue weighted by Gasteiger charge is -2.12. The molecule has 0 amide bonds. The van der Waals surface area contributed by atoms with E-state index in [1.165, 1.54) is 13.3 Å². The van der Waals surface area contributed by atoms with Gasteiger partial charge in [0, 0.05) is 17.3 Å². The van der Waals surface area contributed by atoms with Gasteiger partial charge in [-0.3, -0.25) is 0 Å². The minimum absolute atomic E-state index is 0.305. The summed E-state index contributed by atoms with van der Waals surface area (Å²) >= 11 is 0. The van der Waals surface area contributed by atoms with Gasteiger partial charge in [-0.25, -0.2) is 4.98 Å². The van der Waals surface area contributed by atoms with Crippen molar-refractivity contribution >= 4 is 5.82 Å². The van der Waals surface area contributed by atoms with Crippen molar-refractivity contribution in [3.8, 4) is 16.9 Å². The molecule has 0 saturated carbocycles. The number of hydrogen-bond donors (Lipinski definition) is 1. The van der Waals surface area contributed by atoms with Crippen molar-refractivity contribution in [2.75, 3.05) is 12.8 Å². The molecular formula is C13H11F3N2O. The van der Waals surface area contributed by atoms with Crippen molar-refractivity contribution in [2.45, 2.75) is 6.18 Å². The number of aromatic nitrogens is 1. The molecule has 0 spiro atoms. The highest BCUT2D eigenvalue weighted by Gasteiger charge is 2.34. The van der Waals surface area contributed by atoms with E-state index >= 15 is 0 Å². The fourth-order valence-electron chi connectivity index (χ4n) is 1.73. The lowest BCUT2D eigenvalue weighted by molar-refractivity contribution is -0.137. The van der Waals surface area contributed by atoms with Gasteiger partial charge in [0.15, 0.2) is 0 Å². The first-order valence-corrected chi connectivity index (χ1v) is 5.39. The van der Waals surface area contributed by atoms with Crippen LogP contribution in [0.25, 0.3) is 11.1 Å². The summed E-state index contributed by atoms with van der Waals surface area (Å²) < 4.78 is 43.4. The number of ether oxygens (including phenoxy) is 1. The Labute approximate surface area is 107 Å². The first kappa shape index (κ1) is 13.2. The van der Waals surface area contributed by atoms with Gasteiger partial charge >= 0.3 is 6.18 Å². The molecule has 0 aliphatic carbocycles. The van der Waals surface area contributed by atoms with Crippen molar-refractivity contribution in [2.24, 2.45) is 0 Å². The molecule has 1 aromatic carbocycles. The number of nitrogens with two attached hydrogens (primary N) is 1. The van der Waals surface area contributed by atoms with Gasteiger partial charge in [-0.05, 0) is 12.1 Å². The highest BCUT2D eigenvalue weighted by molar-refractivity contribution is 5.71. The van der Waals surface area contributed by atoms with E-state index < -0.39 is 17.6 Å². The maximum atomic E-state index is 12.8. The first-order chi connectivity index (χ1) is 8.93. The fraction of sp³-hybridized carbons (Fsp3) is 0.154. The maximum Gasteiger partial charge on any atom is 0.419 e. The monoisotopic (exact) mass is 268 g/mol. The van der Waals surface area contributed by atoms with Crippen LogP contribution in [0.15, 0.2) is 36.5 Å². The zero-order valence-corrected chi connectivity index (χ0v) is 10.0. The molecule has 100 valence electrons. The number of nitrogen functional groups attached to an aromatic ring is 1. The molecule has 0 bridgehead atoms. The number of para-hydroxylation sites is 1. The lowest BCUT2D eigenvalue weighted by Crippen LogP contribution is -2.10. The Balaban J connectivity index is 2.58. The molecule has 2 N–H and O–H groups in total. The van der Waals surface area contributed by atoms with Crippen LogP contribution in [0.4, 0.5) is 19.0 Å². The fourth-order valence-corrected chi connectivity index (χ4v) is 1.73. The Morgan fingerprint density at radius 3 is 2.53 bits per heavy atom. The van der Waals surface area contributed by atoms with Gasteiger partial charge in [0.1, 0.15) is 11.6 Å². The van der Waals surface area contributed by atoms with E-state index in [0.29, 0.717) is 16.9 Å². The van der Waals surface area contributed by atoms with E-state index in [9.17, 15) is 13.2 Å². The molecule has 1 aromatic heterocycles. The van der Waals surface area contributed by atoms with E-state index in [-0.39, 0.29) is 0 Å². The molecule has 1 heterocycles. The summed E-state index contributed by atoms with van der Waals surface area (Å²) in [7, 11) is 1.45. The summed E-state index contributed by atoms with van der Waals surface area (Å²) in [6.07, 6.45) is -3.24. The van der Waals surface area contributed by atoms with E-state index in [4.69, 9.17) is 10.5 Å². The third-order valence-corrected chi connectivity index (χ3v) is 2.64. The van der Waals surface area contributed by atoms with Crippen LogP contribution in [-0.4, -0.2) is 12.1 Å². The number of nitrogens with zero attached hydrogens (tertiary/aromatic N) is 1. The number of anilines is 1. The molecule has 0 fully saturated rings. The molecule has 0 unspecified atom stereocenters. The smallest absolute Gasteiger partial charge is 0.419 e. The number of benzene rings is 1. The zero-order valence-electron chi connectivity index (χ0n) is 10.0. The molecule has 2 aromatic rings. The average Bonchev–Trinajstić information content (AvgIpc) is 2.38. The highest BCUT2D eigenvalue weighted by atomic mass is 19.4. The largest absolute Gasteiger partial charge is 0.496 e. The summed E-state index contributed by atoms with van der Waals surface area (Å²) in [5.41, 5.74) is 5.15. The number of rotatable bonds is 2. The van der Waals surface area contributed by atoms with Crippen LogP contribution >= 0.6 is 0 Å². The Hall–Kier alpha value is -2.24. The molecule has 0 saturated heterocycles. The minimum Gasteiger partial charge on any atom is -0.496 e. The predicted octanol–water partition coefficient (Wildman–Crippen LogP) is 3.36. The van der Waals surface area contributed by atoms with Gasteiger partial charge < -0.3 is 10.5 Å². The number of alkyl halides is 3. The Morgan fingerprint density at radius 1 is 1.21 bits per heavy atom. The number of methoxy groups -OCH3 is 1. The minimum atomic E-state index is -4.53. The molecule has 19 heavy (non-hydrogen) atoms. The Morgan fingerprint density at radius 2 is 1.89 bits per heavy atom. The van der Waals surface area contributed by atoms with Crippen LogP contribution in [0.5, 0.6) is 5.75 Å². The first-order valence-electron chi connectivity index (χ1n) is 5.39. The summed E-state index contributed by atoms with van der Waals surface area (Å²) in [4.78, 5) is 3.60. The van der Waals surface area contributed by atoms with Crippen molar-refractivity contribution in [3.63, 3.8) is 0 Å². The van der Waals surface area contributed by atoms with E-state index in [2.05, 4.69) is 4.98 Å². The molecule has 6 heteroatoms. The Bertz CT molecular complexity index is 597. The van der Waals surface area contributed by atoms with Gasteiger partial charge in [0.25, 0.3) is 0 Å². The number of hydrogen-bond acceptors (Lipinski definition) is 3. The number of pyridine rings is 1. The van der Waals surface area contributed by atoms with Crippen LogP contribution in [-0.2, 0) is 6.18 Å². The average molecular weight is 268 g/mol. The summed E-state index contributed by atoms with van der Waals surface area (Å²) in [6.45, 7) is 0. The molecule has 0 aliphatic rings. The summed E-state index contributed by atoms with van der Waals surface area (Å²) in [5.74, 6) is -0.0617. The van der Waals surface area contributed by atoms with Crippen LogP contribution in [0, 0.1) is 0 Å². The SMILES string of the molecule is COc1ccccc1-c1cnc(N)c(C(F)(F)F)c1. The number of halogens is 3. The van der Waals surface area contributed by atoms with Crippen molar-refractivity contribution in [1.29, 1.82) is 0 Å². The second kappa shape index (κ2) is 4.79. The lowest BCUT2D eigenvalue weighted by atomic mass is 10.0. The van der Waals surface area contributed by atoms with E-state index in [1.807, 2.05) is 0 Å². The normalized spacial score (nSPS) is 11.4. The van der Waals surface area contributed by atoms with Crippen LogP contribution in [0.2, 0.25) is 0 Å². The van der Waals surface area contributed by atoms with Crippen molar-refractivity contribution in [1.82, 2.24) is 4.98 Å². The molecular weight excluding hydrogens is 257 g/mol. The van der Waals surface area contributed by atoms with Gasteiger partial charge in [0.2, 0.25) is 0 Å². The van der Waals surface area contributed by atoms with Crippen molar-refractivity contribution in [3.05, 3.63) is 42.1 Å². The van der Waals surface area contributed by atoms with Crippen LogP contribution < -0.4 is 10.5 Å². The summed E-state index contributed by atoms with van der Waals surface area (Å²) in [6, 6.07) is 7.74. The zero-order chi connectivity index (χ0) is 14.0. The molecule has 0 radical (unpaired) electrons. The van der Waals surface area contributed by atoms with Crippen molar-refractivity contribution < 1.29 is 17.9 Å². The predicted molar refractivity (Wildman–Crippen MR) is 65.6 cm³/mol. The quantitative estimate of drug-likeness (QED) is 0.908. The summed E-state index contributed by atoms with van der Waals surface area (Å²) in [5, 5.41) is 0. The van der Waals surface area contributed by atoms with Gasteiger partial charge in [0.05, 0.1) is 12.7 Å².